The van der Waals surface area contributed by atoms with Gasteiger partial charge >= 0.3 is 0 Å². The fourth-order valence-electron chi connectivity index (χ4n) is 4.88. The average Bonchev–Trinajstić information content (AvgIpc) is 3.47. The van der Waals surface area contributed by atoms with E-state index in [1.54, 1.807) is 4.90 Å². The molecule has 2 heterocycles. The van der Waals surface area contributed by atoms with Crippen LogP contribution in [0, 0.1) is 13.8 Å². The first kappa shape index (κ1) is 27.8. The molecular weight excluding hydrogens is 606 g/mol. The predicted octanol–water partition coefficient (Wildman–Crippen LogP) is 9.24. The summed E-state index contributed by atoms with van der Waals surface area (Å²) in [6, 6.07) is 37.7. The van der Waals surface area contributed by atoms with Crippen LogP contribution in [0.2, 0.25) is 0 Å². The Hall–Kier alpha value is -4.33. The number of anilines is 1. The number of rotatable bonds is 7. The number of amides is 1. The van der Waals surface area contributed by atoms with Crippen molar-refractivity contribution in [3.63, 3.8) is 0 Å². The van der Waals surface area contributed by atoms with Crippen LogP contribution in [0.1, 0.15) is 22.5 Å². The number of amidine groups is 1. The number of aryl methyl sites for hydroxylation is 1. The average molecular weight is 635 g/mol. The zero-order valence-corrected chi connectivity index (χ0v) is 25.6. The highest BCUT2D eigenvalue weighted by atomic mass is 79.9. The lowest BCUT2D eigenvalue weighted by molar-refractivity contribution is -0.113. The van der Waals surface area contributed by atoms with Crippen molar-refractivity contribution in [1.29, 1.82) is 0 Å². The molecule has 0 spiro atoms. The van der Waals surface area contributed by atoms with E-state index in [1.807, 2.05) is 103 Å². The van der Waals surface area contributed by atoms with Crippen molar-refractivity contribution in [3.8, 4) is 11.4 Å². The number of aliphatic imine (C=N–C) groups is 1. The molecule has 0 aliphatic carbocycles. The Morgan fingerprint density at radius 3 is 2.19 bits per heavy atom. The van der Waals surface area contributed by atoms with E-state index in [4.69, 9.17) is 9.73 Å². The van der Waals surface area contributed by atoms with Crippen molar-refractivity contribution < 1.29 is 9.53 Å². The SMILES string of the molecule is Cc1cc(/C=C2\SC(=Nc3ccccc3)N(c3ccccc3)C2=O)c(C)n1-c1ccc(OCc2ccc(Br)cc2)cc1. The third-order valence-corrected chi connectivity index (χ3v) is 8.47. The monoisotopic (exact) mass is 633 g/mol. The van der Waals surface area contributed by atoms with Gasteiger partial charge in [-0.05, 0) is 110 Å². The van der Waals surface area contributed by atoms with E-state index in [0.29, 0.717) is 16.7 Å². The predicted molar refractivity (Wildman–Crippen MR) is 177 cm³/mol. The molecule has 1 aromatic heterocycles. The molecule has 7 heteroatoms. The summed E-state index contributed by atoms with van der Waals surface area (Å²) in [5.74, 6) is 0.726. The van der Waals surface area contributed by atoms with Crippen molar-refractivity contribution in [1.82, 2.24) is 4.57 Å². The van der Waals surface area contributed by atoms with Crippen LogP contribution in [-0.2, 0) is 11.4 Å². The standard InChI is InChI=1S/C35H28BrN3O2S/c1-24-21-27(25(2)38(24)31-17-19-32(20-18-31)41-23-26-13-15-28(36)16-14-26)22-33-34(40)39(30-11-7-4-8-12-30)35(42-33)37-29-9-5-3-6-10-29/h3-22H,23H2,1-2H3/b33-22-,37-35?. The molecule has 208 valence electrons. The molecule has 4 aromatic carbocycles. The van der Waals surface area contributed by atoms with Crippen molar-refractivity contribution >= 4 is 56.2 Å². The Kier molecular flexibility index (Phi) is 8.13. The number of aromatic nitrogens is 1. The van der Waals surface area contributed by atoms with Crippen LogP contribution >= 0.6 is 27.7 Å². The topological polar surface area (TPSA) is 46.8 Å². The maximum absolute atomic E-state index is 13.7. The zero-order chi connectivity index (χ0) is 29.1. The third-order valence-electron chi connectivity index (χ3n) is 6.97. The van der Waals surface area contributed by atoms with Crippen molar-refractivity contribution in [2.24, 2.45) is 4.99 Å². The number of ether oxygens (including phenoxy) is 1. The van der Waals surface area contributed by atoms with E-state index < -0.39 is 0 Å². The minimum atomic E-state index is -0.0852. The van der Waals surface area contributed by atoms with Crippen LogP contribution < -0.4 is 9.64 Å². The van der Waals surface area contributed by atoms with Crippen molar-refractivity contribution in [2.75, 3.05) is 4.90 Å². The second kappa shape index (κ2) is 12.3. The van der Waals surface area contributed by atoms with Gasteiger partial charge in [0.2, 0.25) is 0 Å². The lowest BCUT2D eigenvalue weighted by atomic mass is 10.2. The summed E-state index contributed by atoms with van der Waals surface area (Å²) < 4.78 is 9.24. The molecule has 5 nitrogen and oxygen atoms in total. The minimum absolute atomic E-state index is 0.0852. The Morgan fingerprint density at radius 1 is 0.833 bits per heavy atom. The van der Waals surface area contributed by atoms with Crippen LogP contribution in [0.3, 0.4) is 0 Å². The van der Waals surface area contributed by atoms with Crippen molar-refractivity contribution in [3.05, 3.63) is 147 Å². The quantitative estimate of drug-likeness (QED) is 0.168. The lowest BCUT2D eigenvalue weighted by Gasteiger charge is -2.15. The van der Waals surface area contributed by atoms with Gasteiger partial charge in [0.1, 0.15) is 12.4 Å². The van der Waals surface area contributed by atoms with Crippen molar-refractivity contribution in [2.45, 2.75) is 20.5 Å². The van der Waals surface area contributed by atoms with Gasteiger partial charge < -0.3 is 9.30 Å². The van der Waals surface area contributed by atoms with Gasteiger partial charge in [-0.15, -0.1) is 0 Å². The maximum Gasteiger partial charge on any atom is 0.271 e. The molecule has 1 aliphatic rings. The number of thioether (sulfide) groups is 1. The lowest BCUT2D eigenvalue weighted by Crippen LogP contribution is -2.28. The van der Waals surface area contributed by atoms with Gasteiger partial charge in [-0.1, -0.05) is 64.5 Å². The van der Waals surface area contributed by atoms with Crippen LogP contribution in [0.5, 0.6) is 5.75 Å². The summed E-state index contributed by atoms with van der Waals surface area (Å²) in [7, 11) is 0. The van der Waals surface area contributed by atoms with Gasteiger partial charge in [0.25, 0.3) is 5.91 Å². The molecule has 1 saturated heterocycles. The van der Waals surface area contributed by atoms with Gasteiger partial charge in [-0.2, -0.15) is 0 Å². The number of halogens is 1. The molecule has 0 saturated carbocycles. The molecular formula is C35H28BrN3O2S. The molecule has 42 heavy (non-hydrogen) atoms. The minimum Gasteiger partial charge on any atom is -0.489 e. The summed E-state index contributed by atoms with van der Waals surface area (Å²) in [6.07, 6.45) is 1.98. The van der Waals surface area contributed by atoms with Gasteiger partial charge in [-0.3, -0.25) is 9.69 Å². The van der Waals surface area contributed by atoms with E-state index in [-0.39, 0.29) is 5.91 Å². The molecule has 0 unspecified atom stereocenters. The molecule has 0 radical (unpaired) electrons. The first-order valence-electron chi connectivity index (χ1n) is 13.6. The highest BCUT2D eigenvalue weighted by molar-refractivity contribution is 9.10. The van der Waals surface area contributed by atoms with E-state index in [1.165, 1.54) is 11.8 Å². The van der Waals surface area contributed by atoms with E-state index in [2.05, 4.69) is 52.5 Å². The first-order chi connectivity index (χ1) is 20.5. The molecule has 6 rings (SSSR count). The second-order valence-electron chi connectivity index (χ2n) is 9.89. The van der Waals surface area contributed by atoms with Crippen LogP contribution in [-0.4, -0.2) is 15.6 Å². The Balaban J connectivity index is 1.26. The summed E-state index contributed by atoms with van der Waals surface area (Å²) in [6.45, 7) is 4.66. The molecule has 1 fully saturated rings. The maximum atomic E-state index is 13.7. The summed E-state index contributed by atoms with van der Waals surface area (Å²) in [4.78, 5) is 20.9. The molecule has 1 amide bonds. The van der Waals surface area contributed by atoms with Crippen LogP contribution in [0.4, 0.5) is 11.4 Å². The summed E-state index contributed by atoms with van der Waals surface area (Å²) in [5, 5.41) is 0.635. The number of nitrogens with zero attached hydrogens (tertiary/aromatic N) is 3. The zero-order valence-electron chi connectivity index (χ0n) is 23.2. The van der Waals surface area contributed by atoms with E-state index >= 15 is 0 Å². The van der Waals surface area contributed by atoms with Gasteiger partial charge in [-0.25, -0.2) is 4.99 Å². The Bertz CT molecular complexity index is 1780. The highest BCUT2D eigenvalue weighted by Gasteiger charge is 2.35. The smallest absolute Gasteiger partial charge is 0.271 e. The largest absolute Gasteiger partial charge is 0.489 e. The molecule has 1 aliphatic heterocycles. The number of carbonyl (C=O) groups excluding carboxylic acids is 1. The van der Waals surface area contributed by atoms with Gasteiger partial charge in [0.15, 0.2) is 5.17 Å². The van der Waals surface area contributed by atoms with E-state index in [9.17, 15) is 4.79 Å². The third kappa shape index (κ3) is 5.98. The number of para-hydroxylation sites is 2. The van der Waals surface area contributed by atoms with Gasteiger partial charge in [0.05, 0.1) is 16.3 Å². The van der Waals surface area contributed by atoms with Crippen LogP contribution in [0.25, 0.3) is 11.8 Å². The molecule has 0 bridgehead atoms. The Morgan fingerprint density at radius 2 is 1.50 bits per heavy atom. The fraction of sp³-hybridized carbons (Fsp3) is 0.0857. The first-order valence-corrected chi connectivity index (χ1v) is 15.2. The highest BCUT2D eigenvalue weighted by Crippen LogP contribution is 2.38. The van der Waals surface area contributed by atoms with Crippen LogP contribution in [0.15, 0.2) is 130 Å². The number of hydrogen-bond donors (Lipinski definition) is 0. The summed E-state index contributed by atoms with van der Waals surface area (Å²) >= 11 is 4.86. The summed E-state index contributed by atoms with van der Waals surface area (Å²) in [5.41, 5.74) is 6.87. The Labute approximate surface area is 258 Å². The molecule has 0 atom stereocenters. The normalized spacial score (nSPS) is 15.1. The van der Waals surface area contributed by atoms with E-state index in [0.717, 1.165) is 49.8 Å². The molecule has 0 N–H and O–H groups in total. The van der Waals surface area contributed by atoms with Gasteiger partial charge in [0, 0.05) is 21.5 Å². The number of hydrogen-bond acceptors (Lipinski definition) is 4. The molecule has 5 aromatic rings. The number of carbonyl (C=O) groups is 1. The number of benzene rings is 4. The fourth-order valence-corrected chi connectivity index (χ4v) is 6.13. The second-order valence-corrected chi connectivity index (χ2v) is 11.8.